The molecule has 0 bridgehead atoms. The quantitative estimate of drug-likeness (QED) is 0.382. The van der Waals surface area contributed by atoms with E-state index in [1.807, 2.05) is 23.9 Å². The van der Waals surface area contributed by atoms with Crippen molar-refractivity contribution in [1.29, 1.82) is 0 Å². The van der Waals surface area contributed by atoms with E-state index in [4.69, 9.17) is 9.73 Å². The molecule has 1 aromatic heterocycles. The van der Waals surface area contributed by atoms with Crippen molar-refractivity contribution >= 4 is 17.7 Å². The first-order valence-electron chi connectivity index (χ1n) is 9.94. The number of nitrogens with zero attached hydrogens (tertiary/aromatic N) is 4. The molecule has 1 atom stereocenters. The molecule has 8 heteroatoms. The Morgan fingerprint density at radius 1 is 1.39 bits per heavy atom. The summed E-state index contributed by atoms with van der Waals surface area (Å²) >= 11 is 1.86. The highest BCUT2D eigenvalue weighted by Crippen LogP contribution is 2.31. The maximum absolute atomic E-state index is 5.78. The van der Waals surface area contributed by atoms with Crippen molar-refractivity contribution in [1.82, 2.24) is 25.4 Å². The Hall–Kier alpha value is -2.22. The van der Waals surface area contributed by atoms with E-state index >= 15 is 0 Å². The number of hydrogen-bond acceptors (Lipinski definition) is 5. The summed E-state index contributed by atoms with van der Waals surface area (Å²) in [6.45, 7) is 5.20. The summed E-state index contributed by atoms with van der Waals surface area (Å²) in [5.74, 6) is 3.95. The van der Waals surface area contributed by atoms with Gasteiger partial charge in [0, 0.05) is 38.0 Å². The van der Waals surface area contributed by atoms with Crippen LogP contribution in [0.15, 0.2) is 35.6 Å². The Balaban J connectivity index is 1.62. The van der Waals surface area contributed by atoms with Gasteiger partial charge >= 0.3 is 0 Å². The van der Waals surface area contributed by atoms with Crippen LogP contribution in [0.1, 0.15) is 37.2 Å². The van der Waals surface area contributed by atoms with Crippen molar-refractivity contribution in [2.45, 2.75) is 38.8 Å². The third kappa shape index (κ3) is 5.64. The first kappa shape index (κ1) is 20.5. The fourth-order valence-corrected chi connectivity index (χ4v) is 3.66. The SMILES string of the molecule is CCc1nncn1CCNC(=NCCCSC)NC1CCOc2ccccc21. The fourth-order valence-electron chi connectivity index (χ4n) is 3.24. The van der Waals surface area contributed by atoms with E-state index in [1.165, 1.54) is 5.56 Å². The monoisotopic (exact) mass is 402 g/mol. The number of benzene rings is 1. The van der Waals surface area contributed by atoms with Gasteiger partial charge in [-0.05, 0) is 24.5 Å². The number of ether oxygens (including phenoxy) is 1. The number of rotatable bonds is 9. The first-order valence-corrected chi connectivity index (χ1v) is 11.3. The zero-order chi connectivity index (χ0) is 19.6. The van der Waals surface area contributed by atoms with Crippen molar-refractivity contribution in [3.63, 3.8) is 0 Å². The fraction of sp³-hybridized carbons (Fsp3) is 0.550. The summed E-state index contributed by atoms with van der Waals surface area (Å²) in [5.41, 5.74) is 1.19. The topological polar surface area (TPSA) is 76.4 Å². The van der Waals surface area contributed by atoms with Gasteiger partial charge in [0.25, 0.3) is 0 Å². The molecule has 7 nitrogen and oxygen atoms in total. The van der Waals surface area contributed by atoms with Crippen molar-refractivity contribution in [3.05, 3.63) is 42.0 Å². The zero-order valence-electron chi connectivity index (χ0n) is 16.7. The molecular formula is C20H30N6OS. The van der Waals surface area contributed by atoms with E-state index in [0.29, 0.717) is 0 Å². The maximum Gasteiger partial charge on any atom is 0.191 e. The highest BCUT2D eigenvalue weighted by atomic mass is 32.2. The van der Waals surface area contributed by atoms with E-state index in [1.54, 1.807) is 6.33 Å². The summed E-state index contributed by atoms with van der Waals surface area (Å²) in [7, 11) is 0. The van der Waals surface area contributed by atoms with Crippen LogP contribution in [0, 0.1) is 0 Å². The Morgan fingerprint density at radius 2 is 2.29 bits per heavy atom. The molecule has 1 aliphatic heterocycles. The largest absolute Gasteiger partial charge is 0.493 e. The minimum absolute atomic E-state index is 0.206. The van der Waals surface area contributed by atoms with Crippen LogP contribution >= 0.6 is 11.8 Å². The lowest BCUT2D eigenvalue weighted by Gasteiger charge is -2.28. The molecule has 152 valence electrons. The van der Waals surface area contributed by atoms with Crippen LogP contribution in [0.4, 0.5) is 0 Å². The lowest BCUT2D eigenvalue weighted by molar-refractivity contribution is 0.261. The second kappa shape index (κ2) is 10.9. The standard InChI is InChI=1S/C20H30N6OS/c1-3-19-25-23-15-26(19)12-11-22-20(21-10-6-14-28-2)24-17-9-13-27-18-8-5-4-7-16(17)18/h4-5,7-8,15,17H,3,6,9-14H2,1-2H3,(H2,21,22,24). The van der Waals surface area contributed by atoms with E-state index in [9.17, 15) is 0 Å². The summed E-state index contributed by atoms with van der Waals surface area (Å²) < 4.78 is 7.87. The minimum atomic E-state index is 0.206. The van der Waals surface area contributed by atoms with Gasteiger partial charge in [0.05, 0.1) is 12.6 Å². The van der Waals surface area contributed by atoms with Crippen LogP contribution in [0.5, 0.6) is 5.75 Å². The lowest BCUT2D eigenvalue weighted by Crippen LogP contribution is -2.42. The van der Waals surface area contributed by atoms with Gasteiger partial charge in [0.15, 0.2) is 5.96 Å². The van der Waals surface area contributed by atoms with Crippen LogP contribution in [0.25, 0.3) is 0 Å². The van der Waals surface area contributed by atoms with Gasteiger partial charge in [0.2, 0.25) is 0 Å². The molecule has 1 aromatic carbocycles. The Morgan fingerprint density at radius 3 is 3.14 bits per heavy atom. The van der Waals surface area contributed by atoms with Crippen LogP contribution in [-0.2, 0) is 13.0 Å². The highest BCUT2D eigenvalue weighted by molar-refractivity contribution is 7.98. The van der Waals surface area contributed by atoms with Gasteiger partial charge in [-0.15, -0.1) is 10.2 Å². The average molecular weight is 403 g/mol. The second-order valence-electron chi connectivity index (χ2n) is 6.67. The molecular weight excluding hydrogens is 372 g/mol. The van der Waals surface area contributed by atoms with Crippen molar-refractivity contribution in [2.75, 3.05) is 31.7 Å². The first-order chi connectivity index (χ1) is 13.8. The lowest BCUT2D eigenvalue weighted by atomic mass is 10.0. The summed E-state index contributed by atoms with van der Waals surface area (Å²) in [5, 5.41) is 15.2. The Bertz CT molecular complexity index is 763. The molecule has 0 spiro atoms. The highest BCUT2D eigenvalue weighted by Gasteiger charge is 2.21. The molecule has 2 aromatic rings. The molecule has 0 saturated carbocycles. The summed E-state index contributed by atoms with van der Waals surface area (Å²) in [6, 6.07) is 8.44. The second-order valence-corrected chi connectivity index (χ2v) is 7.66. The Kier molecular flexibility index (Phi) is 8.02. The molecule has 1 aliphatic rings. The van der Waals surface area contributed by atoms with Crippen molar-refractivity contribution in [3.8, 4) is 5.75 Å². The summed E-state index contributed by atoms with van der Waals surface area (Å²) in [4.78, 5) is 4.79. The molecule has 3 rings (SSSR count). The number of aliphatic imine (C=N–C) groups is 1. The average Bonchev–Trinajstić information content (AvgIpc) is 3.19. The predicted octanol–water partition coefficient (Wildman–Crippen LogP) is 2.65. The molecule has 0 saturated heterocycles. The van der Waals surface area contributed by atoms with Crippen LogP contribution in [-0.4, -0.2) is 52.4 Å². The molecule has 0 aliphatic carbocycles. The Labute approximate surface area is 171 Å². The number of fused-ring (bicyclic) bond motifs is 1. The molecule has 0 fully saturated rings. The molecule has 2 heterocycles. The molecule has 1 unspecified atom stereocenters. The third-order valence-electron chi connectivity index (χ3n) is 4.70. The smallest absolute Gasteiger partial charge is 0.191 e. The van der Waals surface area contributed by atoms with E-state index < -0.39 is 0 Å². The predicted molar refractivity (Wildman–Crippen MR) is 115 cm³/mol. The maximum atomic E-state index is 5.78. The van der Waals surface area contributed by atoms with Crippen molar-refractivity contribution < 1.29 is 4.74 Å². The zero-order valence-corrected chi connectivity index (χ0v) is 17.5. The number of thioether (sulfide) groups is 1. The number of hydrogen-bond donors (Lipinski definition) is 2. The van der Waals surface area contributed by atoms with Crippen molar-refractivity contribution in [2.24, 2.45) is 4.99 Å². The van der Waals surface area contributed by atoms with Crippen LogP contribution in [0.3, 0.4) is 0 Å². The normalized spacial score (nSPS) is 16.4. The molecule has 0 amide bonds. The third-order valence-corrected chi connectivity index (χ3v) is 5.40. The van der Waals surface area contributed by atoms with Gasteiger partial charge in [-0.2, -0.15) is 11.8 Å². The van der Waals surface area contributed by atoms with E-state index in [0.717, 1.165) is 68.8 Å². The van der Waals surface area contributed by atoms with Gasteiger partial charge < -0.3 is 19.9 Å². The molecule has 0 radical (unpaired) electrons. The molecule has 28 heavy (non-hydrogen) atoms. The van der Waals surface area contributed by atoms with Gasteiger partial charge in [-0.25, -0.2) is 0 Å². The van der Waals surface area contributed by atoms with Crippen LogP contribution in [0.2, 0.25) is 0 Å². The molecule has 2 N–H and O–H groups in total. The van der Waals surface area contributed by atoms with E-state index in [-0.39, 0.29) is 6.04 Å². The number of para-hydroxylation sites is 1. The number of guanidine groups is 1. The number of aryl methyl sites for hydroxylation is 1. The van der Waals surface area contributed by atoms with Crippen LogP contribution < -0.4 is 15.4 Å². The van der Waals surface area contributed by atoms with Gasteiger partial charge in [-0.1, -0.05) is 25.1 Å². The van der Waals surface area contributed by atoms with Gasteiger partial charge in [-0.3, -0.25) is 4.99 Å². The minimum Gasteiger partial charge on any atom is -0.493 e. The van der Waals surface area contributed by atoms with E-state index in [2.05, 4.69) is 50.7 Å². The summed E-state index contributed by atoms with van der Waals surface area (Å²) in [6.07, 6.45) is 6.80. The number of nitrogens with one attached hydrogen (secondary N) is 2. The number of aromatic nitrogens is 3. The van der Waals surface area contributed by atoms with Gasteiger partial charge in [0.1, 0.15) is 17.9 Å².